The van der Waals surface area contributed by atoms with Crippen LogP contribution < -0.4 is 11.1 Å². The van der Waals surface area contributed by atoms with Crippen molar-refractivity contribution in [3.63, 3.8) is 0 Å². The summed E-state index contributed by atoms with van der Waals surface area (Å²) in [5.74, 6) is 0.428. The molecule has 0 aromatic rings. The first-order valence-electron chi connectivity index (χ1n) is 3.77. The number of hydrogen-bond donors (Lipinski definition) is 2. The van der Waals surface area contributed by atoms with Crippen LogP contribution in [-0.4, -0.2) is 17.9 Å². The summed E-state index contributed by atoms with van der Waals surface area (Å²) in [5, 5.41) is 2.70. The molecule has 2 amide bonds. The minimum atomic E-state index is -0.353. The lowest BCUT2D eigenvalue weighted by Crippen LogP contribution is -2.48. The molecule has 0 aromatic carbocycles. The molecule has 0 fully saturated rings. The zero-order valence-corrected chi connectivity index (χ0v) is 6.40. The molecule has 0 saturated heterocycles. The summed E-state index contributed by atoms with van der Waals surface area (Å²) in [7, 11) is 0. The second-order valence-corrected chi connectivity index (χ2v) is 2.81. The van der Waals surface area contributed by atoms with Gasteiger partial charge in [-0.2, -0.15) is 4.99 Å². The van der Waals surface area contributed by atoms with Crippen molar-refractivity contribution in [1.82, 2.24) is 5.32 Å². The Balaban J connectivity index is 2.34. The standard InChI is InChI=1S/C8H9N3O/c9-7-5-3-1-2-4-6(5)10-8(12)11-7/h1-6H,(H3,9,10,11,12). The molecule has 2 unspecified atom stereocenters. The molecule has 0 spiro atoms. The number of amides is 2. The van der Waals surface area contributed by atoms with E-state index in [1.54, 1.807) is 0 Å². The number of carbonyl (C=O) groups is 1. The lowest BCUT2D eigenvalue weighted by molar-refractivity contribution is 0.244. The van der Waals surface area contributed by atoms with E-state index in [1.807, 2.05) is 24.3 Å². The highest BCUT2D eigenvalue weighted by Crippen LogP contribution is 2.15. The van der Waals surface area contributed by atoms with E-state index in [2.05, 4.69) is 10.3 Å². The molecule has 1 heterocycles. The Morgan fingerprint density at radius 3 is 3.00 bits per heavy atom. The van der Waals surface area contributed by atoms with Gasteiger partial charge in [0.2, 0.25) is 0 Å². The molecule has 0 bridgehead atoms. The van der Waals surface area contributed by atoms with Crippen molar-refractivity contribution >= 4 is 11.9 Å². The SMILES string of the molecule is NC1=NC(=O)NC2C=CC=CC12. The molecule has 0 aromatic heterocycles. The van der Waals surface area contributed by atoms with Gasteiger partial charge < -0.3 is 11.1 Å². The van der Waals surface area contributed by atoms with E-state index in [0.29, 0.717) is 5.84 Å². The average molecular weight is 163 g/mol. The van der Waals surface area contributed by atoms with Gasteiger partial charge in [-0.15, -0.1) is 0 Å². The smallest absolute Gasteiger partial charge is 0.343 e. The molecule has 3 N–H and O–H groups in total. The molecule has 2 aliphatic rings. The van der Waals surface area contributed by atoms with Crippen molar-refractivity contribution in [2.45, 2.75) is 6.04 Å². The quantitative estimate of drug-likeness (QED) is 0.534. The van der Waals surface area contributed by atoms with Gasteiger partial charge in [0.25, 0.3) is 0 Å². The Kier molecular flexibility index (Phi) is 1.46. The minimum absolute atomic E-state index is 0.0139. The van der Waals surface area contributed by atoms with Crippen LogP contribution in [0.2, 0.25) is 0 Å². The summed E-state index contributed by atoms with van der Waals surface area (Å²) >= 11 is 0. The van der Waals surface area contributed by atoms with E-state index < -0.39 is 0 Å². The van der Waals surface area contributed by atoms with Gasteiger partial charge in [-0.25, -0.2) is 4.79 Å². The highest BCUT2D eigenvalue weighted by atomic mass is 16.2. The largest absolute Gasteiger partial charge is 0.386 e. The molecule has 4 nitrogen and oxygen atoms in total. The number of urea groups is 1. The molecule has 62 valence electrons. The number of rotatable bonds is 0. The van der Waals surface area contributed by atoms with E-state index in [4.69, 9.17) is 5.73 Å². The summed E-state index contributed by atoms with van der Waals surface area (Å²) in [5.41, 5.74) is 5.58. The van der Waals surface area contributed by atoms with Crippen LogP contribution in [-0.2, 0) is 0 Å². The van der Waals surface area contributed by atoms with Crippen molar-refractivity contribution in [3.05, 3.63) is 24.3 Å². The van der Waals surface area contributed by atoms with E-state index in [1.165, 1.54) is 0 Å². The van der Waals surface area contributed by atoms with Gasteiger partial charge in [-0.3, -0.25) is 0 Å². The summed E-state index contributed by atoms with van der Waals surface area (Å²) in [6.45, 7) is 0. The van der Waals surface area contributed by atoms with Crippen molar-refractivity contribution in [2.75, 3.05) is 0 Å². The van der Waals surface area contributed by atoms with Crippen LogP contribution in [0, 0.1) is 5.92 Å². The summed E-state index contributed by atoms with van der Waals surface area (Å²) in [6, 6.07) is -0.367. The monoisotopic (exact) mass is 163 g/mol. The van der Waals surface area contributed by atoms with E-state index >= 15 is 0 Å². The number of hydrogen-bond acceptors (Lipinski definition) is 2. The molecule has 2 rings (SSSR count). The van der Waals surface area contributed by atoms with Gasteiger partial charge >= 0.3 is 6.03 Å². The van der Waals surface area contributed by atoms with Gasteiger partial charge in [-0.1, -0.05) is 24.3 Å². The van der Waals surface area contributed by atoms with Crippen LogP contribution in [0.3, 0.4) is 0 Å². The number of amidine groups is 1. The molecule has 0 saturated carbocycles. The fourth-order valence-corrected chi connectivity index (χ4v) is 1.39. The predicted molar refractivity (Wildman–Crippen MR) is 45.7 cm³/mol. The number of nitrogens with one attached hydrogen (secondary N) is 1. The van der Waals surface area contributed by atoms with Gasteiger partial charge in [0, 0.05) is 0 Å². The third-order valence-electron chi connectivity index (χ3n) is 2.00. The Morgan fingerprint density at radius 2 is 2.17 bits per heavy atom. The van der Waals surface area contributed by atoms with Gasteiger partial charge in [0.15, 0.2) is 0 Å². The van der Waals surface area contributed by atoms with Crippen molar-refractivity contribution in [1.29, 1.82) is 0 Å². The van der Waals surface area contributed by atoms with Crippen molar-refractivity contribution < 1.29 is 4.79 Å². The van der Waals surface area contributed by atoms with Crippen LogP contribution >= 0.6 is 0 Å². The minimum Gasteiger partial charge on any atom is -0.386 e. The van der Waals surface area contributed by atoms with Crippen LogP contribution in [0.15, 0.2) is 29.3 Å². The maximum Gasteiger partial charge on any atom is 0.343 e. The second-order valence-electron chi connectivity index (χ2n) is 2.81. The molecule has 1 aliphatic heterocycles. The Hall–Kier alpha value is -1.58. The Labute approximate surface area is 69.8 Å². The van der Waals surface area contributed by atoms with Crippen LogP contribution in [0.5, 0.6) is 0 Å². The third-order valence-corrected chi connectivity index (χ3v) is 2.00. The fraction of sp³-hybridized carbons (Fsp3) is 0.250. The maximum atomic E-state index is 10.9. The lowest BCUT2D eigenvalue weighted by atomic mass is 9.93. The topological polar surface area (TPSA) is 67.5 Å². The second kappa shape index (κ2) is 2.48. The van der Waals surface area contributed by atoms with E-state index in [0.717, 1.165) is 0 Å². The number of carbonyl (C=O) groups excluding carboxylic acids is 1. The van der Waals surface area contributed by atoms with E-state index in [-0.39, 0.29) is 18.0 Å². The van der Waals surface area contributed by atoms with Crippen LogP contribution in [0.1, 0.15) is 0 Å². The number of nitrogens with two attached hydrogens (primary N) is 1. The van der Waals surface area contributed by atoms with Crippen LogP contribution in [0.25, 0.3) is 0 Å². The average Bonchev–Trinajstić information content (AvgIpc) is 2.04. The van der Waals surface area contributed by atoms with Crippen molar-refractivity contribution in [3.8, 4) is 0 Å². The molecule has 1 aliphatic carbocycles. The number of nitrogens with zero attached hydrogens (tertiary/aromatic N) is 1. The molecular formula is C8H9N3O. The molecule has 12 heavy (non-hydrogen) atoms. The first kappa shape index (κ1) is 7.09. The first-order valence-corrected chi connectivity index (χ1v) is 3.77. The van der Waals surface area contributed by atoms with Gasteiger partial charge in [-0.05, 0) is 0 Å². The molecular weight excluding hydrogens is 154 g/mol. The van der Waals surface area contributed by atoms with Gasteiger partial charge in [0.1, 0.15) is 5.84 Å². The molecule has 0 radical (unpaired) electrons. The normalized spacial score (nSPS) is 32.3. The highest BCUT2D eigenvalue weighted by molar-refractivity contribution is 5.98. The summed E-state index contributed by atoms with van der Waals surface area (Å²) < 4.78 is 0. The predicted octanol–water partition coefficient (Wildman–Crippen LogP) is 0.178. The van der Waals surface area contributed by atoms with Crippen LogP contribution in [0.4, 0.5) is 4.79 Å². The van der Waals surface area contributed by atoms with Gasteiger partial charge in [0.05, 0.1) is 12.0 Å². The fourth-order valence-electron chi connectivity index (χ4n) is 1.39. The zero-order valence-electron chi connectivity index (χ0n) is 6.40. The molecule has 2 atom stereocenters. The Morgan fingerprint density at radius 1 is 1.42 bits per heavy atom. The zero-order chi connectivity index (χ0) is 8.55. The highest BCUT2D eigenvalue weighted by Gasteiger charge is 2.27. The molecule has 4 heteroatoms. The first-order chi connectivity index (χ1) is 5.77. The maximum absolute atomic E-state index is 10.9. The Bertz CT molecular complexity index is 303. The van der Waals surface area contributed by atoms with E-state index in [9.17, 15) is 4.79 Å². The lowest BCUT2D eigenvalue weighted by Gasteiger charge is -2.27. The number of aliphatic imine (C=N–C) groups is 1. The summed E-state index contributed by atoms with van der Waals surface area (Å²) in [4.78, 5) is 14.5. The number of fused-ring (bicyclic) bond motifs is 1. The summed E-state index contributed by atoms with van der Waals surface area (Å²) in [6.07, 6.45) is 7.63. The third kappa shape index (κ3) is 1.01. The number of allylic oxidation sites excluding steroid dienone is 2. The van der Waals surface area contributed by atoms with Crippen molar-refractivity contribution in [2.24, 2.45) is 16.6 Å².